The standard InChI is InChI=1S/C14H16FNO2/c15-10-4-5-11-9(7-10)3-6-12(11)16-13(14(17)18)8-1-2-8/h4-5,7-8,12-13,16H,1-3,6H2,(H,17,18). The summed E-state index contributed by atoms with van der Waals surface area (Å²) in [5.41, 5.74) is 2.07. The second-order valence-electron chi connectivity index (χ2n) is 5.25. The molecule has 0 aliphatic heterocycles. The second kappa shape index (κ2) is 4.35. The van der Waals surface area contributed by atoms with Crippen molar-refractivity contribution in [1.29, 1.82) is 0 Å². The Balaban J connectivity index is 1.77. The summed E-state index contributed by atoms with van der Waals surface area (Å²) in [6.45, 7) is 0. The molecule has 2 atom stereocenters. The fourth-order valence-corrected chi connectivity index (χ4v) is 2.81. The van der Waals surface area contributed by atoms with Crippen molar-refractivity contribution in [2.24, 2.45) is 5.92 Å². The number of hydrogen-bond acceptors (Lipinski definition) is 2. The summed E-state index contributed by atoms with van der Waals surface area (Å²) in [5.74, 6) is -0.716. The normalized spacial score (nSPS) is 23.7. The highest BCUT2D eigenvalue weighted by Gasteiger charge is 2.38. The van der Waals surface area contributed by atoms with Crippen molar-refractivity contribution in [2.75, 3.05) is 0 Å². The number of hydrogen-bond donors (Lipinski definition) is 2. The van der Waals surface area contributed by atoms with E-state index in [0.29, 0.717) is 0 Å². The van der Waals surface area contributed by atoms with Gasteiger partial charge in [-0.25, -0.2) is 4.39 Å². The summed E-state index contributed by atoms with van der Waals surface area (Å²) in [6.07, 6.45) is 3.66. The molecule has 0 amide bonds. The Morgan fingerprint density at radius 2 is 2.17 bits per heavy atom. The van der Waals surface area contributed by atoms with E-state index in [-0.39, 0.29) is 17.8 Å². The molecule has 2 aliphatic rings. The highest BCUT2D eigenvalue weighted by atomic mass is 19.1. The molecule has 0 heterocycles. The van der Waals surface area contributed by atoms with Crippen LogP contribution in [0.25, 0.3) is 0 Å². The molecular weight excluding hydrogens is 233 g/mol. The molecule has 1 aromatic carbocycles. The fraction of sp³-hybridized carbons (Fsp3) is 0.500. The summed E-state index contributed by atoms with van der Waals surface area (Å²) in [7, 11) is 0. The van der Waals surface area contributed by atoms with Crippen LogP contribution in [-0.4, -0.2) is 17.1 Å². The van der Waals surface area contributed by atoms with Gasteiger partial charge < -0.3 is 5.11 Å². The van der Waals surface area contributed by atoms with Crippen molar-refractivity contribution in [3.05, 3.63) is 35.1 Å². The number of aliphatic carboxylic acids is 1. The molecule has 2 aliphatic carbocycles. The molecule has 0 radical (unpaired) electrons. The molecule has 0 saturated heterocycles. The summed E-state index contributed by atoms with van der Waals surface area (Å²) in [6, 6.07) is 4.39. The third kappa shape index (κ3) is 2.12. The largest absolute Gasteiger partial charge is 0.480 e. The van der Waals surface area contributed by atoms with Gasteiger partial charge in [-0.15, -0.1) is 0 Å². The first-order valence-electron chi connectivity index (χ1n) is 6.42. The van der Waals surface area contributed by atoms with E-state index in [2.05, 4.69) is 5.32 Å². The first-order valence-corrected chi connectivity index (χ1v) is 6.42. The minimum atomic E-state index is -0.770. The highest BCUT2D eigenvalue weighted by Crippen LogP contribution is 2.37. The maximum absolute atomic E-state index is 13.1. The van der Waals surface area contributed by atoms with Gasteiger partial charge in [0.25, 0.3) is 0 Å². The van der Waals surface area contributed by atoms with Gasteiger partial charge in [-0.2, -0.15) is 0 Å². The van der Waals surface area contributed by atoms with Crippen LogP contribution in [0.4, 0.5) is 4.39 Å². The Hall–Kier alpha value is -1.42. The molecule has 1 fully saturated rings. The lowest BCUT2D eigenvalue weighted by Crippen LogP contribution is -2.40. The van der Waals surface area contributed by atoms with Crippen LogP contribution < -0.4 is 5.32 Å². The third-order valence-corrected chi connectivity index (χ3v) is 3.92. The summed E-state index contributed by atoms with van der Waals surface area (Å²) in [5, 5.41) is 12.4. The van der Waals surface area contributed by atoms with Crippen LogP contribution in [0.3, 0.4) is 0 Å². The minimum Gasteiger partial charge on any atom is -0.480 e. The van der Waals surface area contributed by atoms with Gasteiger partial charge in [0.05, 0.1) is 0 Å². The van der Waals surface area contributed by atoms with Gasteiger partial charge in [-0.1, -0.05) is 6.07 Å². The lowest BCUT2D eigenvalue weighted by molar-refractivity contribution is -0.140. The smallest absolute Gasteiger partial charge is 0.320 e. The van der Waals surface area contributed by atoms with Crippen molar-refractivity contribution in [2.45, 2.75) is 37.8 Å². The average Bonchev–Trinajstić information content (AvgIpc) is 3.08. The predicted octanol–water partition coefficient (Wildman–Crippen LogP) is 2.27. The van der Waals surface area contributed by atoms with E-state index in [1.54, 1.807) is 12.1 Å². The van der Waals surface area contributed by atoms with E-state index in [1.807, 2.05) is 0 Å². The van der Waals surface area contributed by atoms with E-state index < -0.39 is 12.0 Å². The maximum atomic E-state index is 13.1. The van der Waals surface area contributed by atoms with Crippen LogP contribution in [0.1, 0.15) is 36.4 Å². The zero-order valence-corrected chi connectivity index (χ0v) is 10.0. The molecule has 1 saturated carbocycles. The Morgan fingerprint density at radius 1 is 1.39 bits per heavy atom. The lowest BCUT2D eigenvalue weighted by atomic mass is 10.1. The van der Waals surface area contributed by atoms with Gasteiger partial charge in [0.15, 0.2) is 0 Å². The molecule has 0 bridgehead atoms. The van der Waals surface area contributed by atoms with Gasteiger partial charge in [0.1, 0.15) is 11.9 Å². The Labute approximate surface area is 105 Å². The number of aryl methyl sites for hydroxylation is 1. The van der Waals surface area contributed by atoms with E-state index in [9.17, 15) is 14.3 Å². The number of nitrogens with one attached hydrogen (secondary N) is 1. The Kier molecular flexibility index (Phi) is 2.82. The molecule has 2 N–H and O–H groups in total. The number of benzene rings is 1. The van der Waals surface area contributed by atoms with Gasteiger partial charge in [0, 0.05) is 6.04 Å². The molecule has 0 spiro atoms. The quantitative estimate of drug-likeness (QED) is 0.860. The van der Waals surface area contributed by atoms with E-state index >= 15 is 0 Å². The number of carboxylic acid groups (broad SMARTS) is 1. The molecule has 18 heavy (non-hydrogen) atoms. The monoisotopic (exact) mass is 249 g/mol. The molecule has 96 valence electrons. The van der Waals surface area contributed by atoms with E-state index in [1.165, 1.54) is 6.07 Å². The number of fused-ring (bicyclic) bond motifs is 1. The summed E-state index contributed by atoms with van der Waals surface area (Å²) < 4.78 is 13.1. The molecule has 4 heteroatoms. The van der Waals surface area contributed by atoms with Gasteiger partial charge in [-0.05, 0) is 54.9 Å². The lowest BCUT2D eigenvalue weighted by Gasteiger charge is -2.20. The summed E-state index contributed by atoms with van der Waals surface area (Å²) >= 11 is 0. The van der Waals surface area contributed by atoms with Crippen LogP contribution in [0.5, 0.6) is 0 Å². The van der Waals surface area contributed by atoms with Crippen molar-refractivity contribution in [1.82, 2.24) is 5.32 Å². The number of halogens is 1. The highest BCUT2D eigenvalue weighted by molar-refractivity contribution is 5.74. The van der Waals surface area contributed by atoms with Crippen LogP contribution in [-0.2, 0) is 11.2 Å². The average molecular weight is 249 g/mol. The van der Waals surface area contributed by atoms with Crippen LogP contribution in [0.2, 0.25) is 0 Å². The van der Waals surface area contributed by atoms with Crippen molar-refractivity contribution < 1.29 is 14.3 Å². The SMILES string of the molecule is O=C(O)C(NC1CCc2cc(F)ccc21)C1CC1. The van der Waals surface area contributed by atoms with E-state index in [0.717, 1.165) is 36.8 Å². The fourth-order valence-electron chi connectivity index (χ4n) is 2.81. The molecule has 0 aromatic heterocycles. The number of carbonyl (C=O) groups is 1. The number of rotatable bonds is 4. The Bertz CT molecular complexity index is 485. The van der Waals surface area contributed by atoms with Crippen LogP contribution >= 0.6 is 0 Å². The number of carboxylic acids is 1. The van der Waals surface area contributed by atoms with Crippen molar-refractivity contribution in [3.8, 4) is 0 Å². The van der Waals surface area contributed by atoms with Crippen LogP contribution in [0, 0.1) is 11.7 Å². The Morgan fingerprint density at radius 3 is 2.83 bits per heavy atom. The molecule has 2 unspecified atom stereocenters. The predicted molar refractivity (Wildman–Crippen MR) is 64.7 cm³/mol. The first-order chi connectivity index (χ1) is 8.65. The first kappa shape index (κ1) is 11.7. The van der Waals surface area contributed by atoms with Gasteiger partial charge in [0.2, 0.25) is 0 Å². The zero-order chi connectivity index (χ0) is 12.7. The molecule has 1 aromatic rings. The minimum absolute atomic E-state index is 0.0577. The maximum Gasteiger partial charge on any atom is 0.320 e. The van der Waals surface area contributed by atoms with Crippen LogP contribution in [0.15, 0.2) is 18.2 Å². The van der Waals surface area contributed by atoms with Crippen molar-refractivity contribution >= 4 is 5.97 Å². The molecular formula is C14H16FNO2. The second-order valence-corrected chi connectivity index (χ2v) is 5.25. The molecule has 3 rings (SSSR count). The topological polar surface area (TPSA) is 49.3 Å². The van der Waals surface area contributed by atoms with Gasteiger partial charge in [-0.3, -0.25) is 10.1 Å². The summed E-state index contributed by atoms with van der Waals surface area (Å²) in [4.78, 5) is 11.2. The van der Waals surface area contributed by atoms with Gasteiger partial charge >= 0.3 is 5.97 Å². The third-order valence-electron chi connectivity index (χ3n) is 3.92. The van der Waals surface area contributed by atoms with Crippen molar-refractivity contribution in [3.63, 3.8) is 0 Å². The van der Waals surface area contributed by atoms with E-state index in [4.69, 9.17) is 0 Å². The molecule has 3 nitrogen and oxygen atoms in total. The zero-order valence-electron chi connectivity index (χ0n) is 10.0.